The lowest BCUT2D eigenvalue weighted by Gasteiger charge is -2.25. The SMILES string of the molecule is CC1=C(C(=O)OC(C)C)C(c2ccc(Cl)cc2)n2c(sc(=Cc3ccc(-c4cc([N+](=O)[O-])ccc4C)o3)c2=O)=N1. The monoisotopic (exact) mass is 577 g/mol. The molecule has 2 aromatic heterocycles. The Morgan fingerprint density at radius 2 is 1.90 bits per heavy atom. The number of halogens is 1. The van der Waals surface area contributed by atoms with E-state index in [0.29, 0.717) is 42.7 Å². The van der Waals surface area contributed by atoms with Gasteiger partial charge in [-0.2, -0.15) is 0 Å². The maximum absolute atomic E-state index is 13.8. The minimum Gasteiger partial charge on any atom is -0.459 e. The summed E-state index contributed by atoms with van der Waals surface area (Å²) < 4.78 is 13.3. The average Bonchev–Trinajstić information content (AvgIpc) is 3.47. The van der Waals surface area contributed by atoms with Crippen molar-refractivity contribution in [1.82, 2.24) is 4.57 Å². The zero-order valence-corrected chi connectivity index (χ0v) is 23.6. The number of aryl methyl sites for hydroxylation is 1. The molecule has 40 heavy (non-hydrogen) atoms. The number of carbonyl (C=O) groups excluding carboxylic acids is 1. The number of allylic oxidation sites excluding steroid dienone is 1. The second-order valence-electron chi connectivity index (χ2n) is 9.55. The summed E-state index contributed by atoms with van der Waals surface area (Å²) in [6.07, 6.45) is 1.25. The van der Waals surface area contributed by atoms with Crippen molar-refractivity contribution in [2.75, 3.05) is 0 Å². The molecule has 0 bridgehead atoms. The van der Waals surface area contributed by atoms with Crippen LogP contribution in [0.25, 0.3) is 17.4 Å². The Balaban J connectivity index is 1.62. The molecule has 0 aliphatic carbocycles. The van der Waals surface area contributed by atoms with Gasteiger partial charge in [0.25, 0.3) is 11.2 Å². The Kier molecular flexibility index (Phi) is 7.31. The molecule has 3 heterocycles. The maximum atomic E-state index is 13.8. The van der Waals surface area contributed by atoms with Gasteiger partial charge in [0.05, 0.1) is 32.9 Å². The van der Waals surface area contributed by atoms with Crippen molar-refractivity contribution in [2.24, 2.45) is 4.99 Å². The summed E-state index contributed by atoms with van der Waals surface area (Å²) in [5, 5.41) is 11.8. The van der Waals surface area contributed by atoms with E-state index in [-0.39, 0.29) is 22.9 Å². The first-order valence-corrected chi connectivity index (χ1v) is 13.6. The lowest BCUT2D eigenvalue weighted by molar-refractivity contribution is -0.384. The van der Waals surface area contributed by atoms with Crippen LogP contribution in [0.1, 0.15) is 43.7 Å². The first-order chi connectivity index (χ1) is 19.0. The van der Waals surface area contributed by atoms with Crippen LogP contribution in [0, 0.1) is 17.0 Å². The number of non-ortho nitro benzene ring substituents is 1. The molecular weight excluding hydrogens is 554 g/mol. The first-order valence-electron chi connectivity index (χ1n) is 12.4. The topological polar surface area (TPSA) is 117 Å². The molecule has 2 aromatic carbocycles. The highest BCUT2D eigenvalue weighted by Gasteiger charge is 2.33. The fourth-order valence-electron chi connectivity index (χ4n) is 4.51. The van der Waals surface area contributed by atoms with Crippen molar-refractivity contribution >= 4 is 40.7 Å². The lowest BCUT2D eigenvalue weighted by atomic mass is 9.96. The quantitative estimate of drug-likeness (QED) is 0.174. The number of hydrogen-bond donors (Lipinski definition) is 0. The highest BCUT2D eigenvalue weighted by atomic mass is 35.5. The summed E-state index contributed by atoms with van der Waals surface area (Å²) in [7, 11) is 0. The van der Waals surface area contributed by atoms with Crippen molar-refractivity contribution in [3.63, 3.8) is 0 Å². The van der Waals surface area contributed by atoms with E-state index < -0.39 is 16.9 Å². The molecule has 1 aliphatic heterocycles. The average molecular weight is 578 g/mol. The number of furan rings is 1. The van der Waals surface area contributed by atoms with Crippen LogP contribution in [0.5, 0.6) is 0 Å². The number of rotatable bonds is 6. The van der Waals surface area contributed by atoms with E-state index >= 15 is 0 Å². The Labute approximate surface area is 237 Å². The summed E-state index contributed by atoms with van der Waals surface area (Å²) >= 11 is 7.29. The van der Waals surface area contributed by atoms with Gasteiger partial charge < -0.3 is 9.15 Å². The Morgan fingerprint density at radius 3 is 2.58 bits per heavy atom. The van der Waals surface area contributed by atoms with Gasteiger partial charge in [-0.05, 0) is 63.1 Å². The molecule has 204 valence electrons. The van der Waals surface area contributed by atoms with Gasteiger partial charge in [0.2, 0.25) is 0 Å². The second-order valence-corrected chi connectivity index (χ2v) is 11.0. The van der Waals surface area contributed by atoms with E-state index in [9.17, 15) is 19.7 Å². The lowest BCUT2D eigenvalue weighted by Crippen LogP contribution is -2.40. The first kappa shape index (κ1) is 27.3. The third-order valence-corrected chi connectivity index (χ3v) is 7.60. The standard InChI is InChI=1S/C29H24ClN3O6S/c1-15(2)38-28(35)25-17(4)31-29-32(26(25)18-6-8-19(30)9-7-18)27(34)24(40-29)14-21-11-12-23(39-21)22-13-20(33(36)37)10-5-16(22)3/h5-15,26H,1-4H3. The van der Waals surface area contributed by atoms with E-state index in [2.05, 4.69) is 4.99 Å². The minimum absolute atomic E-state index is 0.0452. The summed E-state index contributed by atoms with van der Waals surface area (Å²) in [6.45, 7) is 7.07. The van der Waals surface area contributed by atoms with Crippen molar-refractivity contribution in [2.45, 2.75) is 39.8 Å². The number of benzene rings is 2. The predicted octanol–water partition coefficient (Wildman–Crippen LogP) is 5.32. The van der Waals surface area contributed by atoms with Crippen LogP contribution >= 0.6 is 22.9 Å². The van der Waals surface area contributed by atoms with Gasteiger partial charge in [-0.25, -0.2) is 9.79 Å². The molecule has 9 nitrogen and oxygen atoms in total. The van der Waals surface area contributed by atoms with Gasteiger partial charge in [-0.15, -0.1) is 0 Å². The summed E-state index contributed by atoms with van der Waals surface area (Å²) in [5.74, 6) is 0.284. The van der Waals surface area contributed by atoms with Gasteiger partial charge in [-0.1, -0.05) is 41.1 Å². The third kappa shape index (κ3) is 5.15. The fourth-order valence-corrected chi connectivity index (χ4v) is 5.67. The molecule has 1 unspecified atom stereocenters. The molecule has 0 N–H and O–H groups in total. The van der Waals surface area contributed by atoms with E-state index in [4.69, 9.17) is 20.8 Å². The number of nitrogens with zero attached hydrogens (tertiary/aromatic N) is 3. The second kappa shape index (κ2) is 10.7. The molecule has 0 amide bonds. The molecule has 0 radical (unpaired) electrons. The van der Waals surface area contributed by atoms with Crippen molar-refractivity contribution < 1.29 is 18.9 Å². The molecule has 4 aromatic rings. The van der Waals surface area contributed by atoms with E-state index in [1.165, 1.54) is 28.0 Å². The van der Waals surface area contributed by atoms with Crippen LogP contribution in [0.15, 0.2) is 80.1 Å². The van der Waals surface area contributed by atoms with Crippen molar-refractivity contribution in [1.29, 1.82) is 0 Å². The van der Waals surface area contributed by atoms with Crippen molar-refractivity contribution in [3.05, 3.63) is 118 Å². The fraction of sp³-hybridized carbons (Fsp3) is 0.207. The number of nitro benzene ring substituents is 1. The summed E-state index contributed by atoms with van der Waals surface area (Å²) in [6, 6.07) is 14.1. The van der Waals surface area contributed by atoms with Gasteiger partial charge in [-0.3, -0.25) is 19.5 Å². The highest BCUT2D eigenvalue weighted by molar-refractivity contribution is 7.07. The maximum Gasteiger partial charge on any atom is 0.338 e. The van der Waals surface area contributed by atoms with E-state index in [0.717, 1.165) is 5.56 Å². The van der Waals surface area contributed by atoms with Crippen molar-refractivity contribution in [3.8, 4) is 11.3 Å². The number of ether oxygens (including phenoxy) is 1. The van der Waals surface area contributed by atoms with Gasteiger partial charge in [0.15, 0.2) is 4.80 Å². The van der Waals surface area contributed by atoms with E-state index in [1.54, 1.807) is 69.3 Å². The smallest absolute Gasteiger partial charge is 0.338 e. The molecule has 5 rings (SSSR count). The minimum atomic E-state index is -0.762. The number of nitro groups is 1. The molecule has 1 atom stereocenters. The molecular formula is C29H24ClN3O6S. The Hall–Kier alpha value is -4.28. The number of aromatic nitrogens is 1. The zero-order valence-electron chi connectivity index (χ0n) is 22.0. The third-order valence-electron chi connectivity index (χ3n) is 6.37. The van der Waals surface area contributed by atoms with Crippen LogP contribution in [-0.2, 0) is 9.53 Å². The van der Waals surface area contributed by atoms with Gasteiger partial charge in [0.1, 0.15) is 11.5 Å². The van der Waals surface area contributed by atoms with Crippen LogP contribution in [0.4, 0.5) is 5.69 Å². The normalized spacial score (nSPS) is 15.2. The molecule has 0 saturated carbocycles. The molecule has 0 spiro atoms. The van der Waals surface area contributed by atoms with Gasteiger partial charge in [0, 0.05) is 28.8 Å². The molecule has 0 saturated heterocycles. The number of esters is 1. The van der Waals surface area contributed by atoms with Crippen LogP contribution in [0.2, 0.25) is 5.02 Å². The van der Waals surface area contributed by atoms with E-state index in [1.807, 2.05) is 6.92 Å². The summed E-state index contributed by atoms with van der Waals surface area (Å²) in [5.41, 5.74) is 2.42. The molecule has 0 fully saturated rings. The van der Waals surface area contributed by atoms with Crippen LogP contribution < -0.4 is 14.9 Å². The van der Waals surface area contributed by atoms with Crippen LogP contribution in [-0.4, -0.2) is 21.6 Å². The zero-order chi connectivity index (χ0) is 28.7. The number of hydrogen-bond acceptors (Lipinski definition) is 8. The summed E-state index contributed by atoms with van der Waals surface area (Å²) in [4.78, 5) is 42.8. The number of fused-ring (bicyclic) bond motifs is 1. The van der Waals surface area contributed by atoms with Gasteiger partial charge >= 0.3 is 5.97 Å². The molecule has 11 heteroatoms. The predicted molar refractivity (Wildman–Crippen MR) is 152 cm³/mol. The Bertz CT molecular complexity index is 1860. The Morgan fingerprint density at radius 1 is 1.18 bits per heavy atom. The number of carbonyl (C=O) groups is 1. The molecule has 1 aliphatic rings. The largest absolute Gasteiger partial charge is 0.459 e. The number of thiazole rings is 1. The van der Waals surface area contributed by atoms with Crippen LogP contribution in [0.3, 0.4) is 0 Å². The highest BCUT2D eigenvalue weighted by Crippen LogP contribution is 2.32.